The van der Waals surface area contributed by atoms with Crippen LogP contribution in [0.5, 0.6) is 5.75 Å². The van der Waals surface area contributed by atoms with Crippen LogP contribution in [0, 0.1) is 0 Å². The summed E-state index contributed by atoms with van der Waals surface area (Å²) in [6.45, 7) is 11.1. The number of benzene rings is 2. The predicted molar refractivity (Wildman–Crippen MR) is 114 cm³/mol. The van der Waals surface area contributed by atoms with Crippen molar-refractivity contribution < 1.29 is 9.84 Å². The van der Waals surface area contributed by atoms with Crippen LogP contribution in [-0.4, -0.2) is 33.3 Å². The van der Waals surface area contributed by atoms with Gasteiger partial charge in [-0.25, -0.2) is 0 Å². The highest BCUT2D eigenvalue weighted by atomic mass is 35.5. The van der Waals surface area contributed by atoms with E-state index >= 15 is 0 Å². The van der Waals surface area contributed by atoms with Crippen molar-refractivity contribution in [3.63, 3.8) is 0 Å². The van der Waals surface area contributed by atoms with Gasteiger partial charge in [0, 0.05) is 17.2 Å². The van der Waals surface area contributed by atoms with Crippen molar-refractivity contribution in [2.75, 3.05) is 13.2 Å². The molecule has 1 aromatic heterocycles. The molecule has 28 heavy (non-hydrogen) atoms. The monoisotopic (exact) mass is 399 g/mol. The maximum Gasteiger partial charge on any atom is 0.146 e. The van der Waals surface area contributed by atoms with Crippen molar-refractivity contribution in [1.29, 1.82) is 0 Å². The van der Waals surface area contributed by atoms with Crippen molar-refractivity contribution in [3.8, 4) is 11.4 Å². The molecule has 3 rings (SSSR count). The van der Waals surface area contributed by atoms with E-state index in [0.717, 1.165) is 29.5 Å². The van der Waals surface area contributed by atoms with Gasteiger partial charge in [0.15, 0.2) is 0 Å². The number of phenolic OH excluding ortho intramolecular Hbond substituents is 1. The lowest BCUT2D eigenvalue weighted by Gasteiger charge is -2.23. The predicted octanol–water partition coefficient (Wildman–Crippen LogP) is 5.21. The quantitative estimate of drug-likeness (QED) is 0.437. The van der Waals surface area contributed by atoms with Crippen LogP contribution in [0.25, 0.3) is 16.7 Å². The highest BCUT2D eigenvalue weighted by Gasteiger charge is 2.23. The molecule has 0 bridgehead atoms. The van der Waals surface area contributed by atoms with Gasteiger partial charge in [0.2, 0.25) is 0 Å². The molecule has 2 aromatic carbocycles. The molecule has 3 aromatic rings. The van der Waals surface area contributed by atoms with Crippen molar-refractivity contribution in [2.24, 2.45) is 0 Å². The summed E-state index contributed by atoms with van der Waals surface area (Å²) in [6, 6.07) is 9.38. The molecule has 148 valence electrons. The Morgan fingerprint density at radius 1 is 1.18 bits per heavy atom. The van der Waals surface area contributed by atoms with Crippen molar-refractivity contribution in [2.45, 2.75) is 39.0 Å². The first-order valence-electron chi connectivity index (χ1n) is 9.37. The van der Waals surface area contributed by atoms with Gasteiger partial charge < -0.3 is 9.84 Å². The highest BCUT2D eigenvalue weighted by Crippen LogP contribution is 2.36. The summed E-state index contributed by atoms with van der Waals surface area (Å²) >= 11 is 6.06. The number of hydrogen-bond acceptors (Lipinski definition) is 4. The summed E-state index contributed by atoms with van der Waals surface area (Å²) in [7, 11) is 0. The number of fused-ring (bicyclic) bond motifs is 1. The molecule has 1 heterocycles. The van der Waals surface area contributed by atoms with E-state index in [1.807, 2.05) is 12.1 Å². The van der Waals surface area contributed by atoms with Crippen LogP contribution in [0.2, 0.25) is 5.02 Å². The molecule has 1 N–H and O–H groups in total. The number of aromatic nitrogens is 3. The third-order valence-corrected chi connectivity index (χ3v) is 4.74. The number of hydrogen-bond donors (Lipinski definition) is 1. The van der Waals surface area contributed by atoms with Crippen LogP contribution < -0.4 is 0 Å². The molecular weight excluding hydrogens is 374 g/mol. The molecule has 0 aliphatic heterocycles. The Bertz CT molecular complexity index is 989. The average molecular weight is 400 g/mol. The number of aromatic hydroxyl groups is 1. The van der Waals surface area contributed by atoms with Gasteiger partial charge in [0.1, 0.15) is 22.5 Å². The second-order valence-corrected chi connectivity index (χ2v) is 8.29. The Kier molecular flexibility index (Phi) is 6.06. The number of halogens is 1. The maximum atomic E-state index is 11.0. The first kappa shape index (κ1) is 20.4. The Balaban J connectivity index is 2.00. The van der Waals surface area contributed by atoms with E-state index in [1.165, 1.54) is 4.80 Å². The van der Waals surface area contributed by atoms with Gasteiger partial charge in [-0.05, 0) is 48.1 Å². The number of ether oxygens (including phenoxy) is 1. The van der Waals surface area contributed by atoms with Gasteiger partial charge in [0.05, 0.1) is 6.61 Å². The SMILES string of the molecule is C=CCOCCCc1cc(-n2nc3ccc(Cl)cc3n2)c(O)c(C(C)(C)C)c1. The fourth-order valence-electron chi connectivity index (χ4n) is 3.09. The van der Waals surface area contributed by atoms with E-state index in [2.05, 4.69) is 43.6 Å². The summed E-state index contributed by atoms with van der Waals surface area (Å²) < 4.78 is 5.48. The van der Waals surface area contributed by atoms with Crippen LogP contribution in [0.15, 0.2) is 43.0 Å². The molecule has 0 saturated carbocycles. The Morgan fingerprint density at radius 2 is 1.93 bits per heavy atom. The zero-order chi connectivity index (χ0) is 20.3. The van der Waals surface area contributed by atoms with Crippen molar-refractivity contribution in [3.05, 3.63) is 59.1 Å². The minimum Gasteiger partial charge on any atom is -0.505 e. The molecule has 6 heteroatoms. The summed E-state index contributed by atoms with van der Waals surface area (Å²) in [5, 5.41) is 20.6. The lowest BCUT2D eigenvalue weighted by Crippen LogP contribution is -2.14. The van der Waals surface area contributed by atoms with E-state index in [1.54, 1.807) is 18.2 Å². The Morgan fingerprint density at radius 3 is 2.64 bits per heavy atom. The van der Waals surface area contributed by atoms with Crippen molar-refractivity contribution in [1.82, 2.24) is 15.0 Å². The van der Waals surface area contributed by atoms with E-state index < -0.39 is 0 Å². The molecule has 0 fully saturated rings. The van der Waals surface area contributed by atoms with E-state index in [4.69, 9.17) is 16.3 Å². The lowest BCUT2D eigenvalue weighted by molar-refractivity contribution is 0.160. The Labute approximate surface area is 170 Å². The number of phenols is 1. The third-order valence-electron chi connectivity index (χ3n) is 4.51. The molecule has 0 unspecified atom stereocenters. The maximum absolute atomic E-state index is 11.0. The van der Waals surface area contributed by atoms with Gasteiger partial charge in [-0.1, -0.05) is 44.5 Å². The zero-order valence-electron chi connectivity index (χ0n) is 16.6. The fourth-order valence-corrected chi connectivity index (χ4v) is 3.25. The van der Waals surface area contributed by atoms with Crippen LogP contribution in [0.4, 0.5) is 0 Å². The van der Waals surface area contributed by atoms with Gasteiger partial charge in [-0.3, -0.25) is 0 Å². The molecule has 0 spiro atoms. The molecule has 0 radical (unpaired) electrons. The van der Waals surface area contributed by atoms with E-state index in [0.29, 0.717) is 29.4 Å². The summed E-state index contributed by atoms with van der Waals surface area (Å²) in [5.74, 6) is 0.200. The van der Waals surface area contributed by atoms with Gasteiger partial charge in [-0.2, -0.15) is 0 Å². The highest BCUT2D eigenvalue weighted by molar-refractivity contribution is 6.31. The second kappa shape index (κ2) is 8.33. The topological polar surface area (TPSA) is 60.2 Å². The molecule has 0 aliphatic rings. The summed E-state index contributed by atoms with van der Waals surface area (Å²) in [4.78, 5) is 1.49. The summed E-state index contributed by atoms with van der Waals surface area (Å²) in [6.07, 6.45) is 3.46. The minimum atomic E-state index is -0.218. The molecular formula is C22H26ClN3O2. The fraction of sp³-hybridized carbons (Fsp3) is 0.364. The van der Waals surface area contributed by atoms with Gasteiger partial charge >= 0.3 is 0 Å². The smallest absolute Gasteiger partial charge is 0.146 e. The molecule has 5 nitrogen and oxygen atoms in total. The average Bonchev–Trinajstić information content (AvgIpc) is 3.04. The second-order valence-electron chi connectivity index (χ2n) is 7.85. The first-order chi connectivity index (χ1) is 13.3. The van der Waals surface area contributed by atoms with Crippen molar-refractivity contribution >= 4 is 22.6 Å². The number of nitrogens with zero attached hydrogens (tertiary/aromatic N) is 3. The van der Waals surface area contributed by atoms with E-state index in [9.17, 15) is 5.11 Å². The largest absolute Gasteiger partial charge is 0.505 e. The number of aryl methyl sites for hydroxylation is 1. The minimum absolute atomic E-state index is 0.200. The molecule has 0 amide bonds. The third kappa shape index (κ3) is 4.54. The van der Waals surface area contributed by atoms with E-state index in [-0.39, 0.29) is 11.2 Å². The molecule has 0 atom stereocenters. The lowest BCUT2D eigenvalue weighted by atomic mass is 9.84. The number of rotatable bonds is 7. The first-order valence-corrected chi connectivity index (χ1v) is 9.75. The summed E-state index contributed by atoms with van der Waals surface area (Å²) in [5.41, 5.74) is 3.74. The van der Waals surface area contributed by atoms with Gasteiger partial charge in [0.25, 0.3) is 0 Å². The van der Waals surface area contributed by atoms with Gasteiger partial charge in [-0.15, -0.1) is 21.6 Å². The van der Waals surface area contributed by atoms with Crippen LogP contribution in [-0.2, 0) is 16.6 Å². The normalized spacial score (nSPS) is 11.9. The van der Waals surface area contributed by atoms with Crippen LogP contribution in [0.1, 0.15) is 38.3 Å². The van der Waals surface area contributed by atoms with Crippen LogP contribution in [0.3, 0.4) is 0 Å². The Hall–Kier alpha value is -2.37. The van der Waals surface area contributed by atoms with Crippen LogP contribution >= 0.6 is 11.6 Å². The molecule has 0 aliphatic carbocycles. The molecule has 0 saturated heterocycles. The zero-order valence-corrected chi connectivity index (χ0v) is 17.3. The standard InChI is InChI=1S/C22H26ClN3O2/c1-5-10-28-11-6-7-15-12-17(22(2,3)4)21(27)20(13-15)26-24-18-9-8-16(23)14-19(18)25-26/h5,8-9,12-14,27H,1,6-7,10-11H2,2-4H3.